The Bertz CT molecular complexity index is 688. The summed E-state index contributed by atoms with van der Waals surface area (Å²) in [4.78, 5) is 4.97. The quantitative estimate of drug-likeness (QED) is 0.859. The van der Waals surface area contributed by atoms with Crippen molar-refractivity contribution < 1.29 is 13.5 Å². The monoisotopic (exact) mass is 373 g/mol. The first-order valence-electron chi connectivity index (χ1n) is 8.38. The molecule has 2 saturated heterocycles. The van der Waals surface area contributed by atoms with Gasteiger partial charge in [-0.2, -0.15) is 17.0 Å². The molecule has 0 spiro atoms. The van der Waals surface area contributed by atoms with E-state index in [0.717, 1.165) is 26.1 Å². The third kappa shape index (κ3) is 3.54. The lowest BCUT2D eigenvalue weighted by atomic mass is 9.76. The predicted octanol–water partition coefficient (Wildman–Crippen LogP) is 1.12. The van der Waals surface area contributed by atoms with Crippen molar-refractivity contribution >= 4 is 21.5 Å². The van der Waals surface area contributed by atoms with Gasteiger partial charge in [0.15, 0.2) is 0 Å². The summed E-state index contributed by atoms with van der Waals surface area (Å²) in [6.45, 7) is 5.39. The van der Waals surface area contributed by atoms with Gasteiger partial charge < -0.3 is 5.11 Å². The molecular formula is C16H27N3O3S2. The summed E-state index contributed by atoms with van der Waals surface area (Å²) >= 11 is 1.80. The Kier molecular flexibility index (Phi) is 5.07. The average molecular weight is 374 g/mol. The van der Waals surface area contributed by atoms with Crippen molar-refractivity contribution in [2.75, 3.05) is 40.3 Å². The van der Waals surface area contributed by atoms with Gasteiger partial charge >= 0.3 is 0 Å². The second-order valence-corrected chi connectivity index (χ2v) is 10.7. The molecule has 3 heterocycles. The van der Waals surface area contributed by atoms with Crippen LogP contribution in [0.2, 0.25) is 0 Å². The van der Waals surface area contributed by atoms with Crippen molar-refractivity contribution in [3.63, 3.8) is 0 Å². The number of hydrogen-bond acceptors (Lipinski definition) is 5. The molecule has 0 radical (unpaired) electrons. The molecule has 3 rings (SSSR count). The van der Waals surface area contributed by atoms with E-state index in [1.807, 2.05) is 0 Å². The van der Waals surface area contributed by atoms with Crippen molar-refractivity contribution in [3.05, 3.63) is 21.9 Å². The molecule has 136 valence electrons. The van der Waals surface area contributed by atoms with E-state index in [-0.39, 0.29) is 5.92 Å². The Hall–Kier alpha value is -0.510. The van der Waals surface area contributed by atoms with Gasteiger partial charge in [-0.1, -0.05) is 0 Å². The molecule has 1 aromatic heterocycles. The van der Waals surface area contributed by atoms with Crippen LogP contribution in [0.1, 0.15) is 22.6 Å². The number of rotatable bonds is 4. The smallest absolute Gasteiger partial charge is 0.281 e. The number of thiophene rings is 1. The highest BCUT2D eigenvalue weighted by molar-refractivity contribution is 7.86. The van der Waals surface area contributed by atoms with Crippen LogP contribution in [-0.2, 0) is 16.8 Å². The van der Waals surface area contributed by atoms with Crippen molar-refractivity contribution in [2.45, 2.75) is 31.9 Å². The number of likely N-dealkylation sites (tertiary alicyclic amines) is 1. The van der Waals surface area contributed by atoms with E-state index in [0.29, 0.717) is 19.5 Å². The maximum absolute atomic E-state index is 12.4. The van der Waals surface area contributed by atoms with Crippen molar-refractivity contribution in [3.8, 4) is 0 Å². The van der Waals surface area contributed by atoms with Crippen molar-refractivity contribution in [2.24, 2.45) is 5.92 Å². The fourth-order valence-electron chi connectivity index (χ4n) is 3.72. The standard InChI is InChI=1S/C16H27N3O3S2/c1-13-4-5-15(23-13)12-18-8-6-16(20)7-9-19(11-14(16)10-18)24(21,22)17(2)3/h4-5,14,20H,6-12H2,1-3H3/t14-,16-/m1/s1. The molecule has 8 heteroatoms. The van der Waals surface area contributed by atoms with Gasteiger partial charge in [0.25, 0.3) is 10.2 Å². The van der Waals surface area contributed by atoms with Crippen LogP contribution in [0.5, 0.6) is 0 Å². The molecule has 0 aliphatic carbocycles. The van der Waals surface area contributed by atoms with E-state index in [9.17, 15) is 13.5 Å². The summed E-state index contributed by atoms with van der Waals surface area (Å²) in [6, 6.07) is 4.29. The molecule has 0 bridgehead atoms. The number of fused-ring (bicyclic) bond motifs is 1. The lowest BCUT2D eigenvalue weighted by Gasteiger charge is -2.50. The van der Waals surface area contributed by atoms with Gasteiger partial charge in [-0.15, -0.1) is 11.3 Å². The number of nitrogens with zero attached hydrogens (tertiary/aromatic N) is 3. The molecule has 6 nitrogen and oxygen atoms in total. The van der Waals surface area contributed by atoms with Crippen LogP contribution >= 0.6 is 11.3 Å². The Morgan fingerprint density at radius 1 is 1.29 bits per heavy atom. The lowest BCUT2D eigenvalue weighted by Crippen LogP contribution is -2.61. The Labute approximate surface area is 148 Å². The van der Waals surface area contributed by atoms with Gasteiger partial charge in [0.1, 0.15) is 0 Å². The van der Waals surface area contributed by atoms with Gasteiger partial charge in [-0.25, -0.2) is 0 Å². The zero-order valence-electron chi connectivity index (χ0n) is 14.6. The third-order valence-electron chi connectivity index (χ3n) is 5.28. The summed E-state index contributed by atoms with van der Waals surface area (Å²) in [5.74, 6) is -0.0317. The minimum absolute atomic E-state index is 0.0317. The predicted molar refractivity (Wildman–Crippen MR) is 96.2 cm³/mol. The van der Waals surface area contributed by atoms with E-state index >= 15 is 0 Å². The Morgan fingerprint density at radius 3 is 2.62 bits per heavy atom. The van der Waals surface area contributed by atoms with E-state index in [1.54, 1.807) is 25.4 Å². The molecule has 2 aliphatic heterocycles. The highest BCUT2D eigenvalue weighted by Crippen LogP contribution is 2.37. The Morgan fingerprint density at radius 2 is 2.00 bits per heavy atom. The first-order valence-corrected chi connectivity index (χ1v) is 10.6. The van der Waals surface area contributed by atoms with E-state index in [4.69, 9.17) is 0 Å². The number of piperidine rings is 2. The molecule has 2 aliphatic rings. The van der Waals surface area contributed by atoms with Gasteiger partial charge in [0.05, 0.1) is 5.60 Å². The summed E-state index contributed by atoms with van der Waals surface area (Å²) < 4.78 is 27.6. The first-order chi connectivity index (χ1) is 11.2. The normalized spacial score (nSPS) is 29.8. The molecule has 0 aromatic carbocycles. The highest BCUT2D eigenvalue weighted by atomic mass is 32.2. The van der Waals surface area contributed by atoms with Gasteiger partial charge in [0, 0.05) is 62.5 Å². The van der Waals surface area contributed by atoms with Crippen molar-refractivity contribution in [1.29, 1.82) is 0 Å². The third-order valence-corrected chi connectivity index (χ3v) is 8.17. The zero-order valence-corrected chi connectivity index (χ0v) is 16.2. The molecule has 0 saturated carbocycles. The maximum atomic E-state index is 12.4. The summed E-state index contributed by atoms with van der Waals surface area (Å²) in [5.41, 5.74) is -0.722. The minimum atomic E-state index is -3.41. The minimum Gasteiger partial charge on any atom is -0.389 e. The summed E-state index contributed by atoms with van der Waals surface area (Å²) in [5, 5.41) is 10.9. The second kappa shape index (κ2) is 6.66. The molecule has 0 unspecified atom stereocenters. The zero-order chi connectivity index (χ0) is 17.5. The topological polar surface area (TPSA) is 64.1 Å². The summed E-state index contributed by atoms with van der Waals surface area (Å²) in [7, 11) is -0.295. The molecule has 24 heavy (non-hydrogen) atoms. The summed E-state index contributed by atoms with van der Waals surface area (Å²) in [6.07, 6.45) is 1.24. The van der Waals surface area contributed by atoms with Crippen LogP contribution in [0.3, 0.4) is 0 Å². The van der Waals surface area contributed by atoms with Gasteiger partial charge in [0.2, 0.25) is 0 Å². The average Bonchev–Trinajstić information content (AvgIpc) is 2.92. The first kappa shape index (κ1) is 18.3. The Balaban J connectivity index is 1.69. The van der Waals surface area contributed by atoms with Crippen LogP contribution < -0.4 is 0 Å². The fourth-order valence-corrected chi connectivity index (χ4v) is 5.80. The highest BCUT2D eigenvalue weighted by Gasteiger charge is 2.47. The molecule has 2 fully saturated rings. The van der Waals surface area contributed by atoms with Crippen LogP contribution in [0.25, 0.3) is 0 Å². The van der Waals surface area contributed by atoms with E-state index < -0.39 is 15.8 Å². The maximum Gasteiger partial charge on any atom is 0.281 e. The molecule has 1 N–H and O–H groups in total. The van der Waals surface area contributed by atoms with E-state index in [2.05, 4.69) is 24.0 Å². The number of aryl methyl sites for hydroxylation is 1. The molecule has 0 amide bonds. The number of aliphatic hydroxyl groups is 1. The second-order valence-electron chi connectivity index (χ2n) is 7.20. The lowest BCUT2D eigenvalue weighted by molar-refractivity contribution is -0.103. The fraction of sp³-hybridized carbons (Fsp3) is 0.750. The SMILES string of the molecule is Cc1ccc(CN2CC[C@@]3(O)CCN(S(=O)(=O)N(C)C)C[C@H]3C2)s1. The number of hydrogen-bond donors (Lipinski definition) is 1. The van der Waals surface area contributed by atoms with Crippen LogP contribution in [-0.4, -0.2) is 72.9 Å². The van der Waals surface area contributed by atoms with Crippen LogP contribution in [0, 0.1) is 12.8 Å². The van der Waals surface area contributed by atoms with Gasteiger partial charge in [-0.05, 0) is 31.9 Å². The van der Waals surface area contributed by atoms with Gasteiger partial charge in [-0.3, -0.25) is 4.90 Å². The van der Waals surface area contributed by atoms with Crippen LogP contribution in [0.15, 0.2) is 12.1 Å². The molecule has 2 atom stereocenters. The van der Waals surface area contributed by atoms with Crippen LogP contribution in [0.4, 0.5) is 0 Å². The largest absolute Gasteiger partial charge is 0.389 e. The molecular weight excluding hydrogens is 346 g/mol. The van der Waals surface area contributed by atoms with E-state index in [1.165, 1.54) is 18.4 Å². The van der Waals surface area contributed by atoms with Crippen molar-refractivity contribution in [1.82, 2.24) is 13.5 Å². The molecule has 1 aromatic rings.